The van der Waals surface area contributed by atoms with Gasteiger partial charge in [-0.1, -0.05) is 5.16 Å². The van der Waals surface area contributed by atoms with Crippen LogP contribution in [0.15, 0.2) is 20.2 Å². The first-order valence-corrected chi connectivity index (χ1v) is 12.6. The van der Waals surface area contributed by atoms with E-state index in [2.05, 4.69) is 20.4 Å². The molecule has 2 aromatic heterocycles. The van der Waals surface area contributed by atoms with Crippen molar-refractivity contribution in [2.75, 3.05) is 39.3 Å². The fourth-order valence-corrected chi connectivity index (χ4v) is 6.81. The minimum absolute atomic E-state index is 0.0526. The average Bonchev–Trinajstić information content (AvgIpc) is 3.49. The van der Waals surface area contributed by atoms with Crippen molar-refractivity contribution in [2.45, 2.75) is 36.8 Å². The maximum absolute atomic E-state index is 13.1. The van der Waals surface area contributed by atoms with E-state index >= 15 is 0 Å². The highest BCUT2D eigenvalue weighted by Crippen LogP contribution is 2.31. The van der Waals surface area contributed by atoms with E-state index in [0.29, 0.717) is 43.2 Å². The van der Waals surface area contributed by atoms with E-state index in [1.165, 1.54) is 17.1 Å². The number of sulfonamides is 1. The summed E-state index contributed by atoms with van der Waals surface area (Å²) in [7, 11) is -3.66. The van der Waals surface area contributed by atoms with Crippen molar-refractivity contribution in [1.29, 1.82) is 0 Å². The molecule has 2 aromatic rings. The number of hydrogen-bond donors (Lipinski definition) is 1. The standard InChI is InChI=1S/C19H27N5O4S2/c1-14-21-18(22-28-14)16-11-17(29-13-16)30(26,27)24-9-4-5-15(12-24)19(25)20-6-10-23-7-2-3-8-23/h11,13,15H,2-10,12H2,1H3,(H,20,25). The van der Waals surface area contributed by atoms with Crippen LogP contribution in [0.1, 0.15) is 31.6 Å². The van der Waals surface area contributed by atoms with Crippen LogP contribution in [0.3, 0.4) is 0 Å². The Morgan fingerprint density at radius 2 is 2.10 bits per heavy atom. The predicted octanol–water partition coefficient (Wildman–Crippen LogP) is 1.72. The number of amides is 1. The number of aromatic nitrogens is 2. The van der Waals surface area contributed by atoms with Gasteiger partial charge in [-0.05, 0) is 44.8 Å². The number of piperidine rings is 1. The molecule has 2 fully saturated rings. The molecule has 2 aliphatic heterocycles. The number of aryl methyl sites for hydroxylation is 1. The molecule has 2 saturated heterocycles. The van der Waals surface area contributed by atoms with Gasteiger partial charge < -0.3 is 14.7 Å². The Hall–Kier alpha value is -1.82. The zero-order chi connectivity index (χ0) is 21.1. The summed E-state index contributed by atoms with van der Waals surface area (Å²) in [4.78, 5) is 19.1. The number of rotatable bonds is 7. The van der Waals surface area contributed by atoms with Gasteiger partial charge in [-0.2, -0.15) is 9.29 Å². The molecular formula is C19H27N5O4S2. The number of thiophene rings is 1. The molecule has 0 aliphatic carbocycles. The second-order valence-electron chi connectivity index (χ2n) is 7.83. The second-order valence-corrected chi connectivity index (χ2v) is 10.9. The molecule has 30 heavy (non-hydrogen) atoms. The third-order valence-electron chi connectivity index (χ3n) is 5.64. The van der Waals surface area contributed by atoms with Gasteiger partial charge in [0.25, 0.3) is 10.0 Å². The molecule has 1 N–H and O–H groups in total. The molecule has 0 bridgehead atoms. The molecule has 0 saturated carbocycles. The highest BCUT2D eigenvalue weighted by atomic mass is 32.2. The van der Waals surface area contributed by atoms with Crippen molar-refractivity contribution >= 4 is 27.3 Å². The number of hydrogen-bond acceptors (Lipinski definition) is 8. The van der Waals surface area contributed by atoms with Gasteiger partial charge in [-0.25, -0.2) is 8.42 Å². The Labute approximate surface area is 180 Å². The normalized spacial score (nSPS) is 21.2. The van der Waals surface area contributed by atoms with E-state index in [9.17, 15) is 13.2 Å². The van der Waals surface area contributed by atoms with Crippen LogP contribution in [-0.4, -0.2) is 72.9 Å². The summed E-state index contributed by atoms with van der Waals surface area (Å²) in [5, 5.41) is 8.55. The first-order valence-electron chi connectivity index (χ1n) is 10.3. The number of nitrogens with one attached hydrogen (secondary N) is 1. The van der Waals surface area contributed by atoms with Crippen LogP contribution in [0, 0.1) is 12.8 Å². The first kappa shape index (κ1) is 21.4. The molecule has 4 heterocycles. The third kappa shape index (κ3) is 4.74. The van der Waals surface area contributed by atoms with Crippen molar-refractivity contribution in [3.8, 4) is 11.4 Å². The molecule has 11 heteroatoms. The van der Waals surface area contributed by atoms with Crippen LogP contribution in [0.4, 0.5) is 0 Å². The van der Waals surface area contributed by atoms with Gasteiger partial charge in [-0.15, -0.1) is 11.3 Å². The van der Waals surface area contributed by atoms with Crippen molar-refractivity contribution in [2.24, 2.45) is 5.92 Å². The third-order valence-corrected chi connectivity index (χ3v) is 8.92. The summed E-state index contributed by atoms with van der Waals surface area (Å²) in [5.74, 6) is 0.434. The molecule has 1 atom stereocenters. The molecule has 4 rings (SSSR count). The summed E-state index contributed by atoms with van der Waals surface area (Å²) in [5.41, 5.74) is 0.614. The van der Waals surface area contributed by atoms with E-state index in [4.69, 9.17) is 4.52 Å². The van der Waals surface area contributed by atoms with Gasteiger partial charge in [0.1, 0.15) is 4.21 Å². The molecule has 2 aliphatic rings. The Morgan fingerprint density at radius 1 is 1.30 bits per heavy atom. The SMILES string of the molecule is Cc1nc(-c2csc(S(=O)(=O)N3CCCC(C(=O)NCCN4CCCC4)C3)c2)no1. The zero-order valence-electron chi connectivity index (χ0n) is 17.0. The van der Waals surface area contributed by atoms with Gasteiger partial charge in [0.2, 0.25) is 17.6 Å². The van der Waals surface area contributed by atoms with Crippen molar-refractivity contribution in [3.05, 3.63) is 17.3 Å². The quantitative estimate of drug-likeness (QED) is 0.680. The fourth-order valence-electron chi connectivity index (χ4n) is 3.98. The van der Waals surface area contributed by atoms with Crippen molar-refractivity contribution in [1.82, 2.24) is 24.7 Å². The lowest BCUT2D eigenvalue weighted by molar-refractivity contribution is -0.126. The van der Waals surface area contributed by atoms with Crippen LogP contribution in [0.5, 0.6) is 0 Å². The molecular weight excluding hydrogens is 426 g/mol. The maximum Gasteiger partial charge on any atom is 0.252 e. The van der Waals surface area contributed by atoms with E-state index in [0.717, 1.165) is 31.0 Å². The van der Waals surface area contributed by atoms with E-state index in [1.807, 2.05) is 0 Å². The van der Waals surface area contributed by atoms with Gasteiger partial charge in [0.05, 0.1) is 5.92 Å². The Balaban J connectivity index is 1.37. The molecule has 0 spiro atoms. The highest BCUT2D eigenvalue weighted by Gasteiger charge is 2.34. The van der Waals surface area contributed by atoms with Gasteiger partial charge >= 0.3 is 0 Å². The van der Waals surface area contributed by atoms with E-state index in [-0.39, 0.29) is 22.6 Å². The minimum Gasteiger partial charge on any atom is -0.355 e. The number of carbonyl (C=O) groups is 1. The summed E-state index contributed by atoms with van der Waals surface area (Å²) < 4.78 is 32.9. The zero-order valence-corrected chi connectivity index (χ0v) is 18.7. The van der Waals surface area contributed by atoms with Gasteiger partial charge in [0.15, 0.2) is 0 Å². The summed E-state index contributed by atoms with van der Waals surface area (Å²) >= 11 is 1.13. The Kier molecular flexibility index (Phi) is 6.51. The molecule has 9 nitrogen and oxygen atoms in total. The molecule has 0 aromatic carbocycles. The lowest BCUT2D eigenvalue weighted by Gasteiger charge is -2.31. The van der Waals surface area contributed by atoms with Crippen molar-refractivity contribution < 1.29 is 17.7 Å². The monoisotopic (exact) mass is 453 g/mol. The number of likely N-dealkylation sites (tertiary alicyclic amines) is 1. The summed E-state index contributed by atoms with van der Waals surface area (Å²) in [6.45, 7) is 5.98. The van der Waals surface area contributed by atoms with Crippen LogP contribution < -0.4 is 5.32 Å². The summed E-state index contributed by atoms with van der Waals surface area (Å²) in [6.07, 6.45) is 3.82. The Bertz CT molecular complexity index is 981. The lowest BCUT2D eigenvalue weighted by Crippen LogP contribution is -2.46. The number of carbonyl (C=O) groups excluding carboxylic acids is 1. The smallest absolute Gasteiger partial charge is 0.252 e. The number of nitrogens with zero attached hydrogens (tertiary/aromatic N) is 4. The Morgan fingerprint density at radius 3 is 2.83 bits per heavy atom. The second kappa shape index (κ2) is 9.13. The van der Waals surface area contributed by atoms with Gasteiger partial charge in [0, 0.05) is 44.0 Å². The molecule has 1 unspecified atom stereocenters. The van der Waals surface area contributed by atoms with E-state index in [1.54, 1.807) is 18.4 Å². The molecule has 0 radical (unpaired) electrons. The minimum atomic E-state index is -3.66. The summed E-state index contributed by atoms with van der Waals surface area (Å²) in [6, 6.07) is 1.57. The largest absolute Gasteiger partial charge is 0.355 e. The topological polar surface area (TPSA) is 109 Å². The van der Waals surface area contributed by atoms with Crippen LogP contribution in [0.2, 0.25) is 0 Å². The first-order chi connectivity index (χ1) is 14.4. The lowest BCUT2D eigenvalue weighted by atomic mass is 9.99. The van der Waals surface area contributed by atoms with Crippen LogP contribution >= 0.6 is 11.3 Å². The van der Waals surface area contributed by atoms with Crippen molar-refractivity contribution in [3.63, 3.8) is 0 Å². The van der Waals surface area contributed by atoms with E-state index < -0.39 is 10.0 Å². The van der Waals surface area contributed by atoms with Crippen LogP contribution in [0.25, 0.3) is 11.4 Å². The highest BCUT2D eigenvalue weighted by molar-refractivity contribution is 7.91. The van der Waals surface area contributed by atoms with Crippen LogP contribution in [-0.2, 0) is 14.8 Å². The molecule has 164 valence electrons. The van der Waals surface area contributed by atoms with Gasteiger partial charge in [-0.3, -0.25) is 4.79 Å². The maximum atomic E-state index is 13.1. The average molecular weight is 454 g/mol. The predicted molar refractivity (Wildman–Crippen MR) is 113 cm³/mol. The fraction of sp³-hybridized carbons (Fsp3) is 0.632. The molecule has 1 amide bonds.